The van der Waals surface area contributed by atoms with Crippen LogP contribution in [0.15, 0.2) is 18.2 Å². The van der Waals surface area contributed by atoms with Gasteiger partial charge in [0.2, 0.25) is 15.9 Å². The maximum atomic E-state index is 12.8. The van der Waals surface area contributed by atoms with Gasteiger partial charge in [0.1, 0.15) is 5.75 Å². The Morgan fingerprint density at radius 3 is 2.27 bits per heavy atom. The van der Waals surface area contributed by atoms with Crippen LogP contribution in [0.25, 0.3) is 0 Å². The van der Waals surface area contributed by atoms with E-state index in [1.807, 2.05) is 29.8 Å². The van der Waals surface area contributed by atoms with Gasteiger partial charge in [-0.1, -0.05) is 12.1 Å². The number of sulfonamides is 1. The first-order valence-corrected chi connectivity index (χ1v) is 14.9. The van der Waals surface area contributed by atoms with E-state index in [1.54, 1.807) is 0 Å². The topological polar surface area (TPSA) is 105 Å². The smallest absolute Gasteiger partial charge is 0.434 e. The standard InChI is InChI=1S/C25H33F6N3O6S/c1-17-6-7-18(19(15-17)39-14-3-5-20(35)32-41(2,37)38)16-34-11-4-8-23(34)9-12-33(13-10-23)22(36)40-21(24(26,27)28)25(29,30)31/h6-7,15,21H,3-5,8-14,16H2,1-2H3,(H,32,35). The van der Waals surface area contributed by atoms with E-state index in [2.05, 4.69) is 9.64 Å². The molecule has 0 aromatic heterocycles. The number of hydrogen-bond acceptors (Lipinski definition) is 7. The molecule has 2 amide bonds. The van der Waals surface area contributed by atoms with Crippen LogP contribution in [0.1, 0.15) is 49.7 Å². The molecule has 2 saturated heterocycles. The van der Waals surface area contributed by atoms with Crippen LogP contribution in [0.3, 0.4) is 0 Å². The maximum Gasteiger partial charge on any atom is 0.434 e. The molecule has 0 aliphatic carbocycles. The van der Waals surface area contributed by atoms with E-state index < -0.39 is 46.0 Å². The number of nitrogens with one attached hydrogen (secondary N) is 1. The molecule has 2 heterocycles. The molecule has 0 unspecified atom stereocenters. The number of nitrogens with zero attached hydrogens (tertiary/aromatic N) is 2. The van der Waals surface area contributed by atoms with Gasteiger partial charge in [-0.25, -0.2) is 13.2 Å². The van der Waals surface area contributed by atoms with Crippen LogP contribution in [-0.2, 0) is 26.1 Å². The van der Waals surface area contributed by atoms with Gasteiger partial charge in [-0.05, 0) is 57.2 Å². The monoisotopic (exact) mass is 617 g/mol. The lowest BCUT2D eigenvalue weighted by Gasteiger charge is -2.45. The van der Waals surface area contributed by atoms with E-state index >= 15 is 0 Å². The molecular weight excluding hydrogens is 584 g/mol. The van der Waals surface area contributed by atoms with E-state index in [9.17, 15) is 44.3 Å². The third-order valence-electron chi connectivity index (χ3n) is 7.20. The molecule has 16 heteroatoms. The largest absolute Gasteiger partial charge is 0.493 e. The number of piperidine rings is 1. The number of ether oxygens (including phenoxy) is 2. The van der Waals surface area contributed by atoms with Crippen molar-refractivity contribution in [1.29, 1.82) is 0 Å². The van der Waals surface area contributed by atoms with Crippen molar-refractivity contribution in [2.45, 2.75) is 76.0 Å². The Morgan fingerprint density at radius 1 is 1.05 bits per heavy atom. The number of amides is 2. The lowest BCUT2D eigenvalue weighted by molar-refractivity contribution is -0.308. The molecule has 2 fully saturated rings. The lowest BCUT2D eigenvalue weighted by Crippen LogP contribution is -2.54. The van der Waals surface area contributed by atoms with E-state index in [1.165, 1.54) is 0 Å². The van der Waals surface area contributed by atoms with Crippen LogP contribution in [0, 0.1) is 6.92 Å². The third kappa shape index (κ3) is 9.12. The van der Waals surface area contributed by atoms with E-state index in [4.69, 9.17) is 4.74 Å². The molecule has 1 spiro atoms. The Hall–Kier alpha value is -2.75. The van der Waals surface area contributed by atoms with Crippen molar-refractivity contribution in [2.24, 2.45) is 0 Å². The zero-order valence-corrected chi connectivity index (χ0v) is 23.4. The molecule has 0 atom stereocenters. The second kappa shape index (κ2) is 12.6. The Labute approximate surface area is 234 Å². The minimum absolute atomic E-state index is 0.0466. The summed E-state index contributed by atoms with van der Waals surface area (Å²) in [5, 5.41) is 0. The van der Waals surface area contributed by atoms with Crippen LogP contribution in [0.2, 0.25) is 0 Å². The summed E-state index contributed by atoms with van der Waals surface area (Å²) in [5.74, 6) is -0.0518. The van der Waals surface area contributed by atoms with Gasteiger partial charge in [0.25, 0.3) is 6.10 Å². The summed E-state index contributed by atoms with van der Waals surface area (Å²) in [6.45, 7) is 3.10. The number of halogens is 6. The van der Waals surface area contributed by atoms with Crippen molar-refractivity contribution < 1.29 is 53.8 Å². The minimum Gasteiger partial charge on any atom is -0.493 e. The van der Waals surface area contributed by atoms with Crippen LogP contribution in [-0.4, -0.2) is 86.7 Å². The predicted octanol–water partition coefficient (Wildman–Crippen LogP) is 4.29. The van der Waals surface area contributed by atoms with Crippen LogP contribution < -0.4 is 9.46 Å². The van der Waals surface area contributed by atoms with Gasteiger partial charge in [0, 0.05) is 37.2 Å². The number of carbonyl (C=O) groups excluding carboxylic acids is 2. The van der Waals surface area contributed by atoms with Crippen LogP contribution >= 0.6 is 0 Å². The molecule has 0 radical (unpaired) electrons. The predicted molar refractivity (Wildman–Crippen MR) is 134 cm³/mol. The number of hydrogen-bond donors (Lipinski definition) is 1. The lowest BCUT2D eigenvalue weighted by atomic mass is 9.85. The van der Waals surface area contributed by atoms with Gasteiger partial charge in [-0.2, -0.15) is 26.3 Å². The Bertz CT molecular complexity index is 1190. The zero-order valence-electron chi connectivity index (χ0n) is 22.6. The first-order chi connectivity index (χ1) is 18.9. The summed E-state index contributed by atoms with van der Waals surface area (Å²) >= 11 is 0. The van der Waals surface area contributed by atoms with Gasteiger partial charge in [-0.3, -0.25) is 14.4 Å². The second-order valence-corrected chi connectivity index (χ2v) is 12.2. The van der Waals surface area contributed by atoms with Gasteiger partial charge in [0.05, 0.1) is 12.9 Å². The Balaban J connectivity index is 1.60. The number of alkyl halides is 6. The molecule has 232 valence electrons. The highest BCUT2D eigenvalue weighted by Crippen LogP contribution is 2.41. The van der Waals surface area contributed by atoms with Crippen molar-refractivity contribution in [3.05, 3.63) is 29.3 Å². The normalized spacial score (nSPS) is 18.1. The maximum absolute atomic E-state index is 12.8. The highest BCUT2D eigenvalue weighted by atomic mass is 32.2. The molecule has 9 nitrogen and oxygen atoms in total. The molecule has 0 saturated carbocycles. The fourth-order valence-electron chi connectivity index (χ4n) is 5.21. The minimum atomic E-state index is -5.77. The van der Waals surface area contributed by atoms with E-state index in [-0.39, 0.29) is 32.5 Å². The second-order valence-electron chi connectivity index (χ2n) is 10.4. The van der Waals surface area contributed by atoms with Crippen molar-refractivity contribution in [2.75, 3.05) is 32.5 Å². The summed E-state index contributed by atoms with van der Waals surface area (Å²) in [5.41, 5.74) is 1.38. The fourth-order valence-corrected chi connectivity index (χ4v) is 5.73. The van der Waals surface area contributed by atoms with Crippen molar-refractivity contribution in [3.8, 4) is 5.75 Å². The molecule has 1 aromatic rings. The number of likely N-dealkylation sites (tertiary alicyclic amines) is 2. The summed E-state index contributed by atoms with van der Waals surface area (Å²) in [6, 6.07) is 5.64. The molecular formula is C25H33F6N3O6S. The average Bonchev–Trinajstić information content (AvgIpc) is 3.20. The number of carbonyl (C=O) groups is 2. The number of aryl methyl sites for hydroxylation is 1. The molecule has 3 rings (SSSR count). The summed E-state index contributed by atoms with van der Waals surface area (Å²) in [6.07, 6.45) is -14.0. The third-order valence-corrected chi connectivity index (χ3v) is 7.79. The molecule has 2 aliphatic heterocycles. The highest BCUT2D eigenvalue weighted by Gasteiger charge is 2.60. The van der Waals surface area contributed by atoms with Crippen LogP contribution in [0.4, 0.5) is 31.1 Å². The van der Waals surface area contributed by atoms with Gasteiger partial charge >= 0.3 is 18.4 Å². The Kier molecular flexibility index (Phi) is 10.1. The molecule has 1 aromatic carbocycles. The molecule has 41 heavy (non-hydrogen) atoms. The zero-order chi connectivity index (χ0) is 30.6. The van der Waals surface area contributed by atoms with E-state index in [0.29, 0.717) is 31.7 Å². The molecule has 1 N–H and O–H groups in total. The van der Waals surface area contributed by atoms with Gasteiger partial charge in [0.15, 0.2) is 0 Å². The van der Waals surface area contributed by atoms with Gasteiger partial charge < -0.3 is 14.4 Å². The number of rotatable bonds is 9. The first-order valence-electron chi connectivity index (χ1n) is 13.0. The molecule has 0 bridgehead atoms. The van der Waals surface area contributed by atoms with Crippen LogP contribution in [0.5, 0.6) is 5.75 Å². The quantitative estimate of drug-likeness (QED) is 0.326. The van der Waals surface area contributed by atoms with Crippen molar-refractivity contribution in [1.82, 2.24) is 14.5 Å². The number of benzene rings is 1. The summed E-state index contributed by atoms with van der Waals surface area (Å²) in [7, 11) is -3.64. The fraction of sp³-hybridized carbons (Fsp3) is 0.680. The molecule has 2 aliphatic rings. The first kappa shape index (κ1) is 32.8. The van der Waals surface area contributed by atoms with E-state index in [0.717, 1.165) is 35.1 Å². The van der Waals surface area contributed by atoms with Crippen molar-refractivity contribution >= 4 is 22.0 Å². The summed E-state index contributed by atoms with van der Waals surface area (Å²) in [4.78, 5) is 27.0. The average molecular weight is 618 g/mol. The van der Waals surface area contributed by atoms with Gasteiger partial charge in [-0.15, -0.1) is 0 Å². The highest BCUT2D eigenvalue weighted by molar-refractivity contribution is 7.89. The SMILES string of the molecule is Cc1ccc(CN2CCCC23CCN(C(=O)OC(C(F)(F)F)C(F)(F)F)CC3)c(OCCCC(=O)NS(C)(=O)=O)c1. The Morgan fingerprint density at radius 2 is 1.68 bits per heavy atom. The summed E-state index contributed by atoms with van der Waals surface area (Å²) < 4.78 is 111. The van der Waals surface area contributed by atoms with Crippen molar-refractivity contribution in [3.63, 3.8) is 0 Å².